The first kappa shape index (κ1) is 32.5. The molecular formula is C44H43BN2O2. The van der Waals surface area contributed by atoms with Gasteiger partial charge in [0.05, 0.1) is 33.4 Å². The lowest BCUT2D eigenvalue weighted by Gasteiger charge is -2.32. The molecule has 0 atom stereocenters. The highest BCUT2D eigenvalue weighted by Gasteiger charge is 2.51. The van der Waals surface area contributed by atoms with E-state index in [-0.39, 0.29) is 18.3 Å². The Hall–Kier alpha value is -5.10. The summed E-state index contributed by atoms with van der Waals surface area (Å²) >= 11 is 0. The van der Waals surface area contributed by atoms with Gasteiger partial charge in [-0.2, -0.15) is 0 Å². The Morgan fingerprint density at radius 2 is 1.20 bits per heavy atom. The molecule has 0 saturated carbocycles. The molecule has 1 saturated heterocycles. The van der Waals surface area contributed by atoms with Crippen LogP contribution in [0.15, 0.2) is 129 Å². The van der Waals surface area contributed by atoms with Gasteiger partial charge in [0.15, 0.2) is 0 Å². The average Bonchev–Trinajstić information content (AvgIpc) is 3.69. The molecule has 7 rings (SSSR count). The minimum Gasteiger partial charge on any atom is -0.399 e. The smallest absolute Gasteiger partial charge is 0.399 e. The molecule has 5 heteroatoms. The zero-order valence-electron chi connectivity index (χ0n) is 29.2. The van der Waals surface area contributed by atoms with Crippen LogP contribution in [-0.4, -0.2) is 27.5 Å². The van der Waals surface area contributed by atoms with Crippen LogP contribution in [0, 0.1) is 0 Å². The summed E-state index contributed by atoms with van der Waals surface area (Å²) in [6.07, 6.45) is 9.04. The second-order valence-electron chi connectivity index (χ2n) is 13.9. The van der Waals surface area contributed by atoms with Crippen molar-refractivity contribution in [1.82, 2.24) is 9.13 Å². The molecular weight excluding hydrogens is 599 g/mol. The van der Waals surface area contributed by atoms with Crippen molar-refractivity contribution in [2.45, 2.75) is 52.2 Å². The summed E-state index contributed by atoms with van der Waals surface area (Å²) in [6, 6.07) is 34.1. The van der Waals surface area contributed by atoms with Gasteiger partial charge in [0.1, 0.15) is 0 Å². The second-order valence-corrected chi connectivity index (χ2v) is 13.9. The zero-order chi connectivity index (χ0) is 34.5. The summed E-state index contributed by atoms with van der Waals surface area (Å²) in [5, 5.41) is 3.56. The number of benzene rings is 4. The van der Waals surface area contributed by atoms with Gasteiger partial charge < -0.3 is 18.4 Å². The maximum absolute atomic E-state index is 6.30. The molecule has 1 aliphatic rings. The largest absolute Gasteiger partial charge is 0.494 e. The summed E-state index contributed by atoms with van der Waals surface area (Å²) in [5.74, 6) is 0. The molecule has 2 aromatic heterocycles. The minimum absolute atomic E-state index is 0.378. The molecule has 0 N–H and O–H groups in total. The van der Waals surface area contributed by atoms with Crippen molar-refractivity contribution in [2.24, 2.45) is 0 Å². The molecule has 244 valence electrons. The maximum Gasteiger partial charge on any atom is 0.494 e. The number of rotatable bonds is 9. The van der Waals surface area contributed by atoms with Gasteiger partial charge in [0.25, 0.3) is 0 Å². The zero-order valence-corrected chi connectivity index (χ0v) is 29.2. The lowest BCUT2D eigenvalue weighted by Crippen LogP contribution is -2.41. The van der Waals surface area contributed by atoms with E-state index in [2.05, 4.69) is 173 Å². The quantitative estimate of drug-likeness (QED) is 0.116. The lowest BCUT2D eigenvalue weighted by molar-refractivity contribution is 0.00578. The fourth-order valence-corrected chi connectivity index (χ4v) is 6.97. The topological polar surface area (TPSA) is 28.3 Å². The Bertz CT molecular complexity index is 2260. The van der Waals surface area contributed by atoms with E-state index in [9.17, 15) is 0 Å². The maximum atomic E-state index is 6.30. The summed E-state index contributed by atoms with van der Waals surface area (Å²) in [6.45, 7) is 23.6. The first-order valence-electron chi connectivity index (χ1n) is 16.9. The van der Waals surface area contributed by atoms with Crippen LogP contribution in [0.1, 0.15) is 57.9 Å². The molecule has 0 bridgehead atoms. The van der Waals surface area contributed by atoms with Crippen molar-refractivity contribution >= 4 is 74.4 Å². The molecule has 6 aromatic rings. The fraction of sp³-hybridized carbons (Fsp3) is 0.182. The number of hydrogen-bond donors (Lipinski definition) is 0. The number of fused-ring (bicyclic) bond motifs is 4. The molecule has 0 spiro atoms. The Morgan fingerprint density at radius 1 is 0.694 bits per heavy atom. The Kier molecular flexibility index (Phi) is 8.22. The molecule has 0 radical (unpaired) electrons. The SMILES string of the molecule is C=Cc1c(C=C)n(/C(=C/C(=C)n2c3ccccc3c3ccccc32)C/C=C(\C)c2ccc(B3OC(C)(C)C(C)(C)O3)cc2)c2ccccc12. The van der Waals surface area contributed by atoms with Crippen molar-refractivity contribution in [3.63, 3.8) is 0 Å². The summed E-state index contributed by atoms with van der Waals surface area (Å²) < 4.78 is 17.2. The first-order valence-corrected chi connectivity index (χ1v) is 16.9. The van der Waals surface area contributed by atoms with Crippen molar-refractivity contribution in [3.05, 3.63) is 146 Å². The Labute approximate surface area is 290 Å². The molecule has 1 aliphatic heterocycles. The van der Waals surface area contributed by atoms with E-state index in [0.29, 0.717) is 6.42 Å². The Balaban J connectivity index is 1.31. The van der Waals surface area contributed by atoms with Crippen molar-refractivity contribution in [2.75, 3.05) is 0 Å². The third-order valence-corrected chi connectivity index (χ3v) is 10.3. The number of nitrogens with zero attached hydrogens (tertiary/aromatic N) is 2. The number of hydrogen-bond acceptors (Lipinski definition) is 2. The molecule has 0 amide bonds. The van der Waals surface area contributed by atoms with Gasteiger partial charge in [-0.15, -0.1) is 0 Å². The standard InChI is InChI=1S/C44H43BN2O2/c1-9-35-36-17-11-16-22-42(36)47(39(35)10-2)34(29-31(4)46-40-20-14-12-18-37(40)38-19-13-15-21-41(38)46)28-23-30(3)32-24-26-33(27-25-32)45-48-43(5,6)44(7,8)49-45/h9-27,29H,1-2,4,28H2,3,5-8H3/b30-23+,34-29+. The highest BCUT2D eigenvalue weighted by Crippen LogP contribution is 2.38. The number of para-hydroxylation sites is 3. The van der Waals surface area contributed by atoms with Crippen LogP contribution in [0.4, 0.5) is 0 Å². The summed E-state index contributed by atoms with van der Waals surface area (Å²) in [7, 11) is -0.386. The molecule has 4 aromatic carbocycles. The number of aromatic nitrogens is 2. The van der Waals surface area contributed by atoms with Crippen LogP contribution < -0.4 is 5.46 Å². The minimum atomic E-state index is -0.386. The third-order valence-electron chi connectivity index (χ3n) is 10.3. The summed E-state index contributed by atoms with van der Waals surface area (Å²) in [5.41, 5.74) is 10.00. The predicted molar refractivity (Wildman–Crippen MR) is 212 cm³/mol. The highest BCUT2D eigenvalue weighted by molar-refractivity contribution is 6.62. The van der Waals surface area contributed by atoms with Gasteiger partial charge in [-0.25, -0.2) is 0 Å². The van der Waals surface area contributed by atoms with Gasteiger partial charge in [-0.3, -0.25) is 0 Å². The molecule has 1 fully saturated rings. The van der Waals surface area contributed by atoms with Gasteiger partial charge >= 0.3 is 7.12 Å². The monoisotopic (exact) mass is 642 g/mol. The van der Waals surface area contributed by atoms with Crippen LogP contribution in [0.25, 0.3) is 61.8 Å². The fourth-order valence-electron chi connectivity index (χ4n) is 6.97. The van der Waals surface area contributed by atoms with Crippen LogP contribution in [-0.2, 0) is 9.31 Å². The van der Waals surface area contributed by atoms with E-state index in [1.807, 2.05) is 12.2 Å². The van der Waals surface area contributed by atoms with Gasteiger partial charge in [0.2, 0.25) is 0 Å². The van der Waals surface area contributed by atoms with E-state index in [1.165, 1.54) is 16.3 Å². The Morgan fingerprint density at radius 3 is 1.73 bits per heavy atom. The van der Waals surface area contributed by atoms with Crippen LogP contribution in [0.5, 0.6) is 0 Å². The second kappa shape index (κ2) is 12.4. The van der Waals surface area contributed by atoms with Gasteiger partial charge in [-0.05, 0) is 81.6 Å². The van der Waals surface area contributed by atoms with Crippen LogP contribution in [0.2, 0.25) is 0 Å². The average molecular weight is 643 g/mol. The molecule has 3 heterocycles. The predicted octanol–water partition coefficient (Wildman–Crippen LogP) is 10.8. The van der Waals surface area contributed by atoms with E-state index in [0.717, 1.165) is 55.6 Å². The van der Waals surface area contributed by atoms with E-state index in [4.69, 9.17) is 9.31 Å². The molecule has 49 heavy (non-hydrogen) atoms. The molecule has 0 unspecified atom stereocenters. The van der Waals surface area contributed by atoms with E-state index in [1.54, 1.807) is 0 Å². The van der Waals surface area contributed by atoms with Crippen LogP contribution >= 0.6 is 0 Å². The molecule has 4 nitrogen and oxygen atoms in total. The third kappa shape index (κ3) is 5.53. The lowest BCUT2D eigenvalue weighted by atomic mass is 9.78. The normalized spacial score (nSPS) is 16.1. The van der Waals surface area contributed by atoms with E-state index < -0.39 is 0 Å². The van der Waals surface area contributed by atoms with Crippen LogP contribution in [0.3, 0.4) is 0 Å². The van der Waals surface area contributed by atoms with Crippen molar-refractivity contribution < 1.29 is 9.31 Å². The van der Waals surface area contributed by atoms with Gasteiger partial charge in [-0.1, -0.05) is 111 Å². The highest BCUT2D eigenvalue weighted by atomic mass is 16.7. The number of allylic oxidation sites excluding steroid dienone is 5. The van der Waals surface area contributed by atoms with Gasteiger partial charge in [0, 0.05) is 39.5 Å². The van der Waals surface area contributed by atoms with Crippen molar-refractivity contribution in [3.8, 4) is 0 Å². The first-order chi connectivity index (χ1) is 23.5. The summed E-state index contributed by atoms with van der Waals surface area (Å²) in [4.78, 5) is 0. The molecule has 0 aliphatic carbocycles. The van der Waals surface area contributed by atoms with Crippen molar-refractivity contribution in [1.29, 1.82) is 0 Å². The van der Waals surface area contributed by atoms with E-state index >= 15 is 0 Å².